The number of ether oxygens (including phenoxy) is 1. The van der Waals surface area contributed by atoms with Gasteiger partial charge >= 0.3 is 29.2 Å². The number of phosphoric acid groups is 3. The van der Waals surface area contributed by atoms with E-state index in [0.29, 0.717) is 7.11 Å². The fourth-order valence-corrected chi connectivity index (χ4v) is 5.49. The van der Waals surface area contributed by atoms with Crippen LogP contribution in [0.3, 0.4) is 0 Å². The van der Waals surface area contributed by atoms with Gasteiger partial charge in [0.2, 0.25) is 0 Å². The lowest BCUT2D eigenvalue weighted by atomic mass is 10.1. The fraction of sp³-hybridized carbons (Fsp3) is 0.600. The number of H-pyrrole nitrogens is 1. The Hall–Kier alpha value is -1.03. The third-order valence-corrected chi connectivity index (χ3v) is 7.75. The number of aromatic nitrogens is 2. The summed E-state index contributed by atoms with van der Waals surface area (Å²) in [4.78, 5) is 52.4. The van der Waals surface area contributed by atoms with Crippen molar-refractivity contribution in [2.45, 2.75) is 24.5 Å². The van der Waals surface area contributed by atoms with Crippen molar-refractivity contribution in [2.75, 3.05) is 13.7 Å². The van der Waals surface area contributed by atoms with E-state index in [-0.39, 0.29) is 0 Å². The summed E-state index contributed by atoms with van der Waals surface area (Å²) in [5.74, 6) is 0. The molecule has 5 unspecified atom stereocenters. The summed E-state index contributed by atoms with van der Waals surface area (Å²) in [6, 6.07) is 0.933. The molecule has 2 heterocycles. The summed E-state index contributed by atoms with van der Waals surface area (Å²) in [7, 11) is -15.5. The second-order valence-electron chi connectivity index (χ2n) is 5.61. The third kappa shape index (κ3) is 6.48. The predicted octanol–water partition coefficient (Wildman–Crippen LogP) is -1.85. The maximum Gasteiger partial charge on any atom is 0.490 e. The Bertz CT molecular complexity index is 1020. The van der Waals surface area contributed by atoms with Crippen LogP contribution in [0.5, 0.6) is 0 Å². The Labute approximate surface area is 166 Å². The molecule has 1 aliphatic rings. The van der Waals surface area contributed by atoms with E-state index < -0.39 is 65.9 Å². The minimum atomic E-state index is -5.62. The quantitative estimate of drug-likeness (QED) is 0.204. The molecule has 0 saturated carbocycles. The van der Waals surface area contributed by atoms with Gasteiger partial charge in [0, 0.05) is 19.4 Å². The second-order valence-corrected chi connectivity index (χ2v) is 10.4. The standard InChI is InChI=1S/C10H17N2O15P3/c1-23-28(17,18)26-30(21,22)27-29(19,20)24-4-5-7(14)8(15)9(25-5)12-3-2-6(13)11-10(12)16/h2-3,5,7-9,14-15H,4H2,1H3,(H,17,18)(H,19,20)(H,21,22)(H,11,13,16)/t5-,7?,8?,9-/m0/s1. The van der Waals surface area contributed by atoms with Gasteiger partial charge in [-0.1, -0.05) is 0 Å². The van der Waals surface area contributed by atoms with Crippen LogP contribution in [0.2, 0.25) is 0 Å². The van der Waals surface area contributed by atoms with E-state index in [4.69, 9.17) is 9.63 Å². The number of aliphatic hydroxyl groups excluding tert-OH is 2. The lowest BCUT2D eigenvalue weighted by molar-refractivity contribution is -0.0542. The van der Waals surface area contributed by atoms with Crippen molar-refractivity contribution in [1.29, 1.82) is 0 Å². The van der Waals surface area contributed by atoms with Gasteiger partial charge < -0.3 is 29.6 Å². The second kappa shape index (κ2) is 9.22. The van der Waals surface area contributed by atoms with Crippen LogP contribution in [0.1, 0.15) is 6.23 Å². The normalized spacial score (nSPS) is 30.3. The molecule has 30 heavy (non-hydrogen) atoms. The number of hydrogen-bond donors (Lipinski definition) is 6. The Balaban J connectivity index is 2.05. The lowest BCUT2D eigenvalue weighted by Crippen LogP contribution is -2.37. The molecule has 0 spiro atoms. The molecule has 1 aromatic rings. The summed E-state index contributed by atoms with van der Waals surface area (Å²) in [6.07, 6.45) is -5.61. The van der Waals surface area contributed by atoms with Crippen molar-refractivity contribution >= 4 is 23.5 Å². The van der Waals surface area contributed by atoms with Gasteiger partial charge in [0.25, 0.3) is 5.56 Å². The number of hydrogen-bond acceptors (Lipinski definition) is 12. The SMILES string of the molecule is COP(=O)(O)OP(=O)(O)OP(=O)(O)OC[C@@H]1O[C@H](n2ccc(=O)[nH]c2=O)C(O)C1O. The van der Waals surface area contributed by atoms with Gasteiger partial charge in [-0.2, -0.15) is 8.62 Å². The molecule has 1 aliphatic heterocycles. The molecule has 172 valence electrons. The van der Waals surface area contributed by atoms with E-state index >= 15 is 0 Å². The number of phosphoric ester groups is 2. The molecule has 6 N–H and O–H groups in total. The average molecular weight is 498 g/mol. The van der Waals surface area contributed by atoms with E-state index in [1.54, 1.807) is 0 Å². The van der Waals surface area contributed by atoms with Crippen LogP contribution in [0.4, 0.5) is 0 Å². The van der Waals surface area contributed by atoms with E-state index in [1.165, 1.54) is 0 Å². The maximum absolute atomic E-state index is 11.8. The van der Waals surface area contributed by atoms with Crippen molar-refractivity contribution in [2.24, 2.45) is 0 Å². The highest BCUT2D eigenvalue weighted by Crippen LogP contribution is 2.67. The van der Waals surface area contributed by atoms with E-state index in [1.807, 2.05) is 4.98 Å². The highest BCUT2D eigenvalue weighted by atomic mass is 31.3. The van der Waals surface area contributed by atoms with Crippen molar-refractivity contribution in [3.8, 4) is 0 Å². The van der Waals surface area contributed by atoms with Crippen LogP contribution in [0.25, 0.3) is 0 Å². The molecule has 2 rings (SSSR count). The van der Waals surface area contributed by atoms with Gasteiger partial charge in [0.15, 0.2) is 6.23 Å². The average Bonchev–Trinajstić information content (AvgIpc) is 2.86. The van der Waals surface area contributed by atoms with Crippen molar-refractivity contribution in [3.63, 3.8) is 0 Å². The zero-order valence-corrected chi connectivity index (χ0v) is 17.5. The Morgan fingerprint density at radius 3 is 2.23 bits per heavy atom. The predicted molar refractivity (Wildman–Crippen MR) is 91.9 cm³/mol. The van der Waals surface area contributed by atoms with Crippen LogP contribution in [-0.4, -0.2) is 66.5 Å². The zero-order valence-electron chi connectivity index (χ0n) is 14.8. The summed E-state index contributed by atoms with van der Waals surface area (Å²) >= 11 is 0. The van der Waals surface area contributed by atoms with Crippen LogP contribution < -0.4 is 11.2 Å². The number of aromatic amines is 1. The highest BCUT2D eigenvalue weighted by Gasteiger charge is 2.46. The lowest BCUT2D eigenvalue weighted by Gasteiger charge is -2.19. The molecule has 0 amide bonds. The monoisotopic (exact) mass is 498 g/mol. The van der Waals surface area contributed by atoms with Gasteiger partial charge in [-0.25, -0.2) is 18.5 Å². The van der Waals surface area contributed by atoms with Gasteiger partial charge in [-0.3, -0.25) is 23.4 Å². The number of rotatable bonds is 9. The van der Waals surface area contributed by atoms with Crippen LogP contribution in [0.15, 0.2) is 21.9 Å². The van der Waals surface area contributed by atoms with Crippen LogP contribution in [0, 0.1) is 0 Å². The van der Waals surface area contributed by atoms with E-state index in [0.717, 1.165) is 16.8 Å². The molecule has 1 aromatic heterocycles. The van der Waals surface area contributed by atoms with Crippen molar-refractivity contribution in [3.05, 3.63) is 33.1 Å². The molecule has 1 fully saturated rings. The van der Waals surface area contributed by atoms with E-state index in [9.17, 15) is 43.3 Å². The minimum absolute atomic E-state index is 0.643. The molecule has 1 saturated heterocycles. The maximum atomic E-state index is 11.8. The Morgan fingerprint density at radius 1 is 1.07 bits per heavy atom. The van der Waals surface area contributed by atoms with Crippen LogP contribution >= 0.6 is 23.5 Å². The van der Waals surface area contributed by atoms with Gasteiger partial charge in [0.05, 0.1) is 6.61 Å². The third-order valence-electron chi connectivity index (χ3n) is 3.51. The smallest absolute Gasteiger partial charge is 0.387 e. The summed E-state index contributed by atoms with van der Waals surface area (Å²) in [6.45, 7) is -1.01. The van der Waals surface area contributed by atoms with Crippen molar-refractivity contribution in [1.82, 2.24) is 9.55 Å². The molecule has 0 aromatic carbocycles. The first-order valence-corrected chi connectivity index (χ1v) is 12.1. The Kier molecular flexibility index (Phi) is 7.76. The number of nitrogens with zero attached hydrogens (tertiary/aromatic N) is 1. The Morgan fingerprint density at radius 2 is 1.67 bits per heavy atom. The van der Waals surface area contributed by atoms with Gasteiger partial charge in [-0.15, -0.1) is 0 Å². The van der Waals surface area contributed by atoms with Gasteiger partial charge in [0.1, 0.15) is 18.3 Å². The highest BCUT2D eigenvalue weighted by molar-refractivity contribution is 7.66. The summed E-state index contributed by atoms with van der Waals surface area (Å²) in [5.41, 5.74) is -1.72. The van der Waals surface area contributed by atoms with Gasteiger partial charge in [-0.05, 0) is 0 Å². The molecule has 20 heteroatoms. The molecular weight excluding hydrogens is 481 g/mol. The summed E-state index contributed by atoms with van der Waals surface area (Å²) in [5, 5.41) is 20.0. The number of nitrogens with one attached hydrogen (secondary N) is 1. The molecule has 0 bridgehead atoms. The van der Waals surface area contributed by atoms with Crippen LogP contribution in [-0.2, 0) is 36.1 Å². The van der Waals surface area contributed by atoms with Crippen molar-refractivity contribution < 1.29 is 61.0 Å². The summed E-state index contributed by atoms with van der Waals surface area (Å²) < 4.78 is 56.0. The largest absolute Gasteiger partial charge is 0.490 e. The fourth-order valence-electron chi connectivity index (χ4n) is 2.22. The molecule has 17 nitrogen and oxygen atoms in total. The first-order chi connectivity index (χ1) is 13.7. The first kappa shape index (κ1) is 25.2. The first-order valence-electron chi connectivity index (χ1n) is 7.61. The minimum Gasteiger partial charge on any atom is -0.387 e. The molecule has 0 aliphatic carbocycles. The molecule has 7 atom stereocenters. The zero-order chi connectivity index (χ0) is 22.9. The molecule has 0 radical (unpaired) electrons. The number of aliphatic hydroxyl groups is 2. The van der Waals surface area contributed by atoms with E-state index in [2.05, 4.69) is 17.7 Å². The molecular formula is C10H17N2O15P3. The topological polar surface area (TPSA) is 253 Å².